The highest BCUT2D eigenvalue weighted by Gasteiger charge is 2.30. The SMILES string of the molecule is FC(F)(F)c1ccc(C2=CCN(CCc3ccncc3)CC2)cc1. The summed E-state index contributed by atoms with van der Waals surface area (Å²) in [6.07, 6.45) is 3.29. The number of rotatable bonds is 4. The fourth-order valence-corrected chi connectivity index (χ4v) is 2.89. The summed E-state index contributed by atoms with van der Waals surface area (Å²) in [5.74, 6) is 0. The molecule has 1 aromatic heterocycles. The van der Waals surface area contributed by atoms with Crippen LogP contribution in [-0.2, 0) is 12.6 Å². The van der Waals surface area contributed by atoms with Gasteiger partial charge in [-0.15, -0.1) is 0 Å². The fourth-order valence-electron chi connectivity index (χ4n) is 2.89. The van der Waals surface area contributed by atoms with Crippen LogP contribution in [0.3, 0.4) is 0 Å². The van der Waals surface area contributed by atoms with Gasteiger partial charge >= 0.3 is 6.18 Å². The van der Waals surface area contributed by atoms with E-state index < -0.39 is 11.7 Å². The van der Waals surface area contributed by atoms with Crippen LogP contribution in [0.25, 0.3) is 5.57 Å². The van der Waals surface area contributed by atoms with E-state index >= 15 is 0 Å². The molecule has 3 rings (SSSR count). The van der Waals surface area contributed by atoms with Gasteiger partial charge in [-0.25, -0.2) is 0 Å². The van der Waals surface area contributed by atoms with Crippen LogP contribution >= 0.6 is 0 Å². The molecule has 0 N–H and O–H groups in total. The number of aromatic nitrogens is 1. The molecule has 24 heavy (non-hydrogen) atoms. The predicted octanol–water partition coefficient (Wildman–Crippen LogP) is 4.43. The van der Waals surface area contributed by atoms with Gasteiger partial charge in [0.05, 0.1) is 5.56 Å². The maximum Gasteiger partial charge on any atom is 0.416 e. The summed E-state index contributed by atoms with van der Waals surface area (Å²) < 4.78 is 37.8. The van der Waals surface area contributed by atoms with Crippen LogP contribution in [0.5, 0.6) is 0 Å². The third-order valence-electron chi connectivity index (χ3n) is 4.34. The van der Waals surface area contributed by atoms with E-state index in [1.54, 1.807) is 24.5 Å². The van der Waals surface area contributed by atoms with E-state index in [-0.39, 0.29) is 0 Å². The summed E-state index contributed by atoms with van der Waals surface area (Å²) in [4.78, 5) is 6.37. The third-order valence-corrected chi connectivity index (χ3v) is 4.34. The molecule has 2 heterocycles. The second-order valence-electron chi connectivity index (χ2n) is 5.96. The molecule has 0 saturated carbocycles. The van der Waals surface area contributed by atoms with Gasteiger partial charge in [-0.3, -0.25) is 9.88 Å². The van der Waals surface area contributed by atoms with Gasteiger partial charge in [-0.2, -0.15) is 13.2 Å². The Morgan fingerprint density at radius 3 is 2.29 bits per heavy atom. The van der Waals surface area contributed by atoms with Gasteiger partial charge in [0.2, 0.25) is 0 Å². The minimum Gasteiger partial charge on any atom is -0.299 e. The number of alkyl halides is 3. The van der Waals surface area contributed by atoms with Gasteiger partial charge < -0.3 is 0 Å². The predicted molar refractivity (Wildman–Crippen MR) is 88.4 cm³/mol. The number of pyridine rings is 1. The Morgan fingerprint density at radius 2 is 1.71 bits per heavy atom. The van der Waals surface area contributed by atoms with E-state index in [0.29, 0.717) is 0 Å². The summed E-state index contributed by atoms with van der Waals surface area (Å²) in [5.41, 5.74) is 2.69. The highest BCUT2D eigenvalue weighted by atomic mass is 19.4. The van der Waals surface area contributed by atoms with E-state index in [4.69, 9.17) is 0 Å². The van der Waals surface area contributed by atoms with Crippen LogP contribution in [0, 0.1) is 0 Å². The van der Waals surface area contributed by atoms with Gasteiger partial charge in [0.25, 0.3) is 0 Å². The van der Waals surface area contributed by atoms with Crippen molar-refractivity contribution in [2.75, 3.05) is 19.6 Å². The number of hydrogen-bond donors (Lipinski definition) is 0. The molecule has 126 valence electrons. The first kappa shape index (κ1) is 16.7. The molecule has 0 atom stereocenters. The van der Waals surface area contributed by atoms with Crippen molar-refractivity contribution in [3.05, 3.63) is 71.6 Å². The van der Waals surface area contributed by atoms with Crippen molar-refractivity contribution in [2.24, 2.45) is 0 Å². The lowest BCUT2D eigenvalue weighted by Gasteiger charge is -2.26. The van der Waals surface area contributed by atoms with Gasteiger partial charge in [0.15, 0.2) is 0 Å². The summed E-state index contributed by atoms with van der Waals surface area (Å²) in [6.45, 7) is 2.74. The summed E-state index contributed by atoms with van der Waals surface area (Å²) in [5, 5.41) is 0. The zero-order valence-electron chi connectivity index (χ0n) is 13.3. The van der Waals surface area contributed by atoms with Crippen molar-refractivity contribution < 1.29 is 13.2 Å². The Kier molecular flexibility index (Phi) is 5.00. The van der Waals surface area contributed by atoms with Crippen molar-refractivity contribution in [3.63, 3.8) is 0 Å². The molecular formula is C19H19F3N2. The zero-order valence-corrected chi connectivity index (χ0v) is 13.3. The second kappa shape index (κ2) is 7.18. The van der Waals surface area contributed by atoms with Crippen LogP contribution in [0.15, 0.2) is 54.9 Å². The highest BCUT2D eigenvalue weighted by molar-refractivity contribution is 5.66. The van der Waals surface area contributed by atoms with Gasteiger partial charge in [0.1, 0.15) is 0 Å². The van der Waals surface area contributed by atoms with Crippen LogP contribution < -0.4 is 0 Å². The maximum absolute atomic E-state index is 12.6. The normalized spacial score (nSPS) is 16.0. The van der Waals surface area contributed by atoms with Crippen LogP contribution in [0.2, 0.25) is 0 Å². The molecule has 1 aromatic carbocycles. The van der Waals surface area contributed by atoms with E-state index in [2.05, 4.69) is 16.0 Å². The van der Waals surface area contributed by atoms with E-state index in [1.807, 2.05) is 12.1 Å². The van der Waals surface area contributed by atoms with Gasteiger partial charge in [-0.05, 0) is 53.8 Å². The molecule has 0 spiro atoms. The quantitative estimate of drug-likeness (QED) is 0.823. The Labute approximate surface area is 139 Å². The molecule has 2 nitrogen and oxygen atoms in total. The Balaban J connectivity index is 1.57. The van der Waals surface area contributed by atoms with Gasteiger partial charge in [-0.1, -0.05) is 18.2 Å². The number of halogens is 3. The number of nitrogens with zero attached hydrogens (tertiary/aromatic N) is 2. The minimum absolute atomic E-state index is 0.596. The molecule has 2 aromatic rings. The summed E-state index contributed by atoms with van der Waals surface area (Å²) >= 11 is 0. The minimum atomic E-state index is -4.27. The maximum atomic E-state index is 12.6. The third kappa shape index (κ3) is 4.23. The average molecular weight is 332 g/mol. The monoisotopic (exact) mass is 332 g/mol. The molecule has 5 heteroatoms. The molecule has 0 unspecified atom stereocenters. The topological polar surface area (TPSA) is 16.1 Å². The standard InChI is InChI=1S/C19H19F3N2/c20-19(21,22)18-3-1-16(2-4-18)17-8-13-24(14-9-17)12-7-15-5-10-23-11-6-15/h1-6,8,10-11H,7,9,12-14H2. The van der Waals surface area contributed by atoms with Gasteiger partial charge in [0, 0.05) is 32.0 Å². The Hall–Kier alpha value is -2.14. The molecule has 0 saturated heterocycles. The number of benzene rings is 1. The molecular weight excluding hydrogens is 313 g/mol. The smallest absolute Gasteiger partial charge is 0.299 e. The molecule has 0 radical (unpaired) electrons. The first-order chi connectivity index (χ1) is 11.5. The average Bonchev–Trinajstić information content (AvgIpc) is 2.61. The fraction of sp³-hybridized carbons (Fsp3) is 0.316. The van der Waals surface area contributed by atoms with E-state index in [1.165, 1.54) is 5.56 Å². The molecule has 1 aliphatic heterocycles. The van der Waals surface area contributed by atoms with Crippen LogP contribution in [0.4, 0.5) is 13.2 Å². The number of hydrogen-bond acceptors (Lipinski definition) is 2. The largest absolute Gasteiger partial charge is 0.416 e. The molecule has 0 fully saturated rings. The lowest BCUT2D eigenvalue weighted by Crippen LogP contribution is -2.30. The van der Waals surface area contributed by atoms with Crippen LogP contribution in [-0.4, -0.2) is 29.5 Å². The molecule has 1 aliphatic rings. The highest BCUT2D eigenvalue weighted by Crippen LogP contribution is 2.31. The second-order valence-corrected chi connectivity index (χ2v) is 5.96. The van der Waals surface area contributed by atoms with Crippen molar-refractivity contribution in [1.82, 2.24) is 9.88 Å². The lowest BCUT2D eigenvalue weighted by atomic mass is 9.98. The van der Waals surface area contributed by atoms with Crippen molar-refractivity contribution >= 4 is 5.57 Å². The van der Waals surface area contributed by atoms with E-state index in [0.717, 1.165) is 55.7 Å². The van der Waals surface area contributed by atoms with E-state index in [9.17, 15) is 13.2 Å². The zero-order chi connectivity index (χ0) is 17.0. The molecule has 0 aliphatic carbocycles. The summed E-state index contributed by atoms with van der Waals surface area (Å²) in [7, 11) is 0. The van der Waals surface area contributed by atoms with Crippen molar-refractivity contribution in [2.45, 2.75) is 19.0 Å². The molecule has 0 bridgehead atoms. The Bertz CT molecular complexity index is 691. The Morgan fingerprint density at radius 1 is 1.00 bits per heavy atom. The van der Waals surface area contributed by atoms with Crippen molar-refractivity contribution in [3.8, 4) is 0 Å². The van der Waals surface area contributed by atoms with Crippen LogP contribution in [0.1, 0.15) is 23.1 Å². The first-order valence-electron chi connectivity index (χ1n) is 8.00. The summed E-state index contributed by atoms with van der Waals surface area (Å²) in [6, 6.07) is 9.50. The molecule has 0 amide bonds. The lowest BCUT2D eigenvalue weighted by molar-refractivity contribution is -0.137. The first-order valence-corrected chi connectivity index (χ1v) is 8.00. The van der Waals surface area contributed by atoms with Crippen molar-refractivity contribution in [1.29, 1.82) is 0 Å².